The zero-order chi connectivity index (χ0) is 8.93. The Morgan fingerprint density at radius 1 is 1.42 bits per heavy atom. The lowest BCUT2D eigenvalue weighted by Crippen LogP contribution is -2.32. The fourth-order valence-electron chi connectivity index (χ4n) is 2.70. The number of hydrogen-bond donors (Lipinski definition) is 1. The molecule has 1 saturated heterocycles. The van der Waals surface area contributed by atoms with Gasteiger partial charge >= 0.3 is 0 Å². The zero-order valence-electron chi connectivity index (χ0n) is 8.05. The van der Waals surface area contributed by atoms with E-state index in [2.05, 4.69) is 26.1 Å². The van der Waals surface area contributed by atoms with Crippen LogP contribution in [0.2, 0.25) is 0 Å². The number of carbonyl (C=O) groups excluding carboxylic acids is 1. The molecule has 1 aliphatic carbocycles. The maximum Gasteiger partial charge on any atom is 0.220 e. The number of carbonyl (C=O) groups is 1. The molecule has 1 amide bonds. The van der Waals surface area contributed by atoms with Gasteiger partial charge in [-0.25, -0.2) is 0 Å². The second-order valence-corrected chi connectivity index (χ2v) is 4.94. The van der Waals surface area contributed by atoms with Crippen LogP contribution in [0.25, 0.3) is 0 Å². The summed E-state index contributed by atoms with van der Waals surface area (Å²) in [6.07, 6.45) is 1.92. The Morgan fingerprint density at radius 2 is 2.08 bits per heavy atom. The molecule has 2 heteroatoms. The third kappa shape index (κ3) is 1.05. The average molecular weight is 167 g/mol. The third-order valence-electron chi connectivity index (χ3n) is 3.71. The highest BCUT2D eigenvalue weighted by molar-refractivity contribution is 5.77. The van der Waals surface area contributed by atoms with Crippen LogP contribution < -0.4 is 5.32 Å². The van der Waals surface area contributed by atoms with E-state index < -0.39 is 0 Å². The van der Waals surface area contributed by atoms with Crippen LogP contribution in [0.5, 0.6) is 0 Å². The van der Waals surface area contributed by atoms with Gasteiger partial charge in [-0.15, -0.1) is 0 Å². The van der Waals surface area contributed by atoms with Crippen molar-refractivity contribution >= 4 is 5.91 Å². The van der Waals surface area contributed by atoms with Gasteiger partial charge in [0.15, 0.2) is 0 Å². The van der Waals surface area contributed by atoms with Crippen LogP contribution in [-0.2, 0) is 4.79 Å². The van der Waals surface area contributed by atoms with Gasteiger partial charge in [0.05, 0.1) is 0 Å². The number of hydrogen-bond acceptors (Lipinski definition) is 1. The lowest BCUT2D eigenvalue weighted by Gasteiger charge is -2.13. The van der Waals surface area contributed by atoms with Crippen LogP contribution in [0.4, 0.5) is 0 Å². The Labute approximate surface area is 73.7 Å². The largest absolute Gasteiger partial charge is 0.354 e. The van der Waals surface area contributed by atoms with Crippen molar-refractivity contribution in [3.63, 3.8) is 0 Å². The van der Waals surface area contributed by atoms with Gasteiger partial charge < -0.3 is 5.32 Å². The van der Waals surface area contributed by atoms with Crippen molar-refractivity contribution in [2.24, 2.45) is 17.3 Å². The van der Waals surface area contributed by atoms with E-state index >= 15 is 0 Å². The van der Waals surface area contributed by atoms with E-state index in [1.54, 1.807) is 0 Å². The molecule has 0 bridgehead atoms. The Balaban J connectivity index is 2.11. The summed E-state index contributed by atoms with van der Waals surface area (Å²) in [5.74, 6) is 1.69. The molecule has 2 rings (SSSR count). The van der Waals surface area contributed by atoms with Crippen LogP contribution in [0.1, 0.15) is 33.6 Å². The van der Waals surface area contributed by atoms with E-state index in [4.69, 9.17) is 0 Å². The third-order valence-corrected chi connectivity index (χ3v) is 3.71. The summed E-state index contributed by atoms with van der Waals surface area (Å²) < 4.78 is 0. The molecule has 0 unspecified atom stereocenters. The molecule has 2 aliphatic rings. The van der Waals surface area contributed by atoms with Gasteiger partial charge in [-0.2, -0.15) is 0 Å². The maximum atomic E-state index is 11.3. The Kier molecular flexibility index (Phi) is 1.51. The number of fused-ring (bicyclic) bond motifs is 1. The highest BCUT2D eigenvalue weighted by atomic mass is 16.1. The monoisotopic (exact) mass is 167 g/mol. The molecule has 68 valence electrons. The lowest BCUT2D eigenvalue weighted by atomic mass is 10.0. The number of rotatable bonds is 0. The van der Waals surface area contributed by atoms with Crippen LogP contribution in [0.3, 0.4) is 0 Å². The van der Waals surface area contributed by atoms with E-state index in [9.17, 15) is 4.79 Å². The first-order valence-corrected chi connectivity index (χ1v) is 4.81. The van der Waals surface area contributed by atoms with Crippen LogP contribution in [0, 0.1) is 17.3 Å². The molecule has 0 spiro atoms. The van der Waals surface area contributed by atoms with Gasteiger partial charge in [0.2, 0.25) is 5.91 Å². The lowest BCUT2D eigenvalue weighted by molar-refractivity contribution is -0.121. The van der Waals surface area contributed by atoms with Crippen molar-refractivity contribution in [1.29, 1.82) is 0 Å². The van der Waals surface area contributed by atoms with E-state index in [1.807, 2.05) is 0 Å². The summed E-state index contributed by atoms with van der Waals surface area (Å²) in [5.41, 5.74) is 0.437. The smallest absolute Gasteiger partial charge is 0.220 e. The summed E-state index contributed by atoms with van der Waals surface area (Å²) in [7, 11) is 0. The molecule has 0 aromatic heterocycles. The second kappa shape index (κ2) is 2.24. The van der Waals surface area contributed by atoms with E-state index in [1.165, 1.54) is 6.42 Å². The molecule has 0 radical (unpaired) electrons. The minimum Gasteiger partial charge on any atom is -0.354 e. The van der Waals surface area contributed by atoms with Crippen LogP contribution >= 0.6 is 0 Å². The first-order valence-electron chi connectivity index (χ1n) is 4.81. The molecule has 0 aromatic carbocycles. The quantitative estimate of drug-likeness (QED) is 0.583. The summed E-state index contributed by atoms with van der Waals surface area (Å²) in [5, 5.41) is 3.00. The highest BCUT2D eigenvalue weighted by Crippen LogP contribution is 2.62. The first-order chi connectivity index (χ1) is 5.51. The molecule has 3 atom stereocenters. The van der Waals surface area contributed by atoms with Gasteiger partial charge in [0.1, 0.15) is 0 Å². The Morgan fingerprint density at radius 3 is 2.75 bits per heavy atom. The van der Waals surface area contributed by atoms with Crippen molar-refractivity contribution < 1.29 is 4.79 Å². The van der Waals surface area contributed by atoms with Crippen molar-refractivity contribution in [3.05, 3.63) is 0 Å². The molecule has 1 N–H and O–H groups in total. The molecule has 1 heterocycles. The molecule has 1 aliphatic heterocycles. The van der Waals surface area contributed by atoms with E-state index in [0.717, 1.165) is 12.3 Å². The SMILES string of the molecule is C[C@@H]1C[C@H]2[C@@H](CC(=O)N1)C2(C)C. The van der Waals surface area contributed by atoms with Crippen LogP contribution in [0.15, 0.2) is 0 Å². The Hall–Kier alpha value is -0.530. The number of nitrogens with one attached hydrogen (secondary N) is 1. The summed E-state index contributed by atoms with van der Waals surface area (Å²) in [4.78, 5) is 11.3. The molecule has 12 heavy (non-hydrogen) atoms. The van der Waals surface area contributed by atoms with Gasteiger partial charge in [0.25, 0.3) is 0 Å². The minimum absolute atomic E-state index is 0.251. The minimum atomic E-state index is 0.251. The topological polar surface area (TPSA) is 29.1 Å². The second-order valence-electron chi connectivity index (χ2n) is 4.94. The zero-order valence-corrected chi connectivity index (χ0v) is 8.05. The average Bonchev–Trinajstić information content (AvgIpc) is 2.45. The molecule has 2 fully saturated rings. The van der Waals surface area contributed by atoms with Crippen molar-refractivity contribution in [1.82, 2.24) is 5.32 Å². The van der Waals surface area contributed by atoms with Crippen molar-refractivity contribution in [2.45, 2.75) is 39.7 Å². The summed E-state index contributed by atoms with van der Waals surface area (Å²) in [6.45, 7) is 6.68. The van der Waals surface area contributed by atoms with Crippen molar-refractivity contribution in [2.75, 3.05) is 0 Å². The standard InChI is InChI=1S/C10H17NO/c1-6-4-7-8(10(7,2)3)5-9(12)11-6/h6-8H,4-5H2,1-3H3,(H,11,12)/t6-,7+,8-/m1/s1. The molecule has 1 saturated carbocycles. The fourth-order valence-corrected chi connectivity index (χ4v) is 2.70. The normalized spacial score (nSPS) is 44.2. The first kappa shape index (κ1) is 8.09. The van der Waals surface area contributed by atoms with Gasteiger partial charge in [-0.05, 0) is 30.6 Å². The maximum absolute atomic E-state index is 11.3. The summed E-state index contributed by atoms with van der Waals surface area (Å²) in [6, 6.07) is 0.384. The van der Waals surface area contributed by atoms with Gasteiger partial charge in [0, 0.05) is 12.5 Å². The molecule has 0 aromatic rings. The van der Waals surface area contributed by atoms with E-state index in [0.29, 0.717) is 17.4 Å². The van der Waals surface area contributed by atoms with Crippen LogP contribution in [-0.4, -0.2) is 11.9 Å². The van der Waals surface area contributed by atoms with Gasteiger partial charge in [-0.3, -0.25) is 4.79 Å². The fraction of sp³-hybridized carbons (Fsp3) is 0.900. The predicted molar refractivity (Wildman–Crippen MR) is 47.6 cm³/mol. The molecule has 2 nitrogen and oxygen atoms in total. The molecular formula is C10H17NO. The van der Waals surface area contributed by atoms with Gasteiger partial charge in [-0.1, -0.05) is 13.8 Å². The number of amides is 1. The Bertz CT molecular complexity index is 222. The van der Waals surface area contributed by atoms with Crippen molar-refractivity contribution in [3.8, 4) is 0 Å². The molecular weight excluding hydrogens is 150 g/mol. The predicted octanol–water partition coefficient (Wildman–Crippen LogP) is 1.56. The highest BCUT2D eigenvalue weighted by Gasteiger charge is 2.58. The summed E-state index contributed by atoms with van der Waals surface area (Å²) >= 11 is 0. The van der Waals surface area contributed by atoms with E-state index in [-0.39, 0.29) is 5.91 Å².